The van der Waals surface area contributed by atoms with Crippen LogP contribution in [0.4, 0.5) is 0 Å². The van der Waals surface area contributed by atoms with E-state index >= 15 is 0 Å². The second-order valence-corrected chi connectivity index (χ2v) is 3.61. The minimum atomic E-state index is -0.0235. The number of benzene rings is 1. The lowest BCUT2D eigenvalue weighted by atomic mass is 9.95. The van der Waals surface area contributed by atoms with Gasteiger partial charge >= 0.3 is 0 Å². The van der Waals surface area contributed by atoms with Crippen molar-refractivity contribution < 1.29 is 9.47 Å². The third-order valence-corrected chi connectivity index (χ3v) is 2.72. The van der Waals surface area contributed by atoms with Crippen LogP contribution in [0.2, 0.25) is 0 Å². The van der Waals surface area contributed by atoms with Crippen LogP contribution < -0.4 is 10.5 Å². The molecule has 0 radical (unpaired) electrons. The maximum Gasteiger partial charge on any atom is 0.119 e. The minimum Gasteiger partial charge on any atom is -0.497 e. The van der Waals surface area contributed by atoms with Gasteiger partial charge in [0.15, 0.2) is 0 Å². The summed E-state index contributed by atoms with van der Waals surface area (Å²) < 4.78 is 10.7. The average molecular weight is 193 g/mol. The fourth-order valence-corrected chi connectivity index (χ4v) is 1.74. The fraction of sp³-hybridized carbons (Fsp3) is 0.455. The summed E-state index contributed by atoms with van der Waals surface area (Å²) in [4.78, 5) is 0. The fourth-order valence-electron chi connectivity index (χ4n) is 1.74. The molecule has 1 heterocycles. The van der Waals surface area contributed by atoms with E-state index in [1.54, 1.807) is 7.11 Å². The molecule has 0 saturated carbocycles. The first-order valence-corrected chi connectivity index (χ1v) is 4.76. The monoisotopic (exact) mass is 193 g/mol. The van der Waals surface area contributed by atoms with Gasteiger partial charge < -0.3 is 15.2 Å². The van der Waals surface area contributed by atoms with Gasteiger partial charge in [0.25, 0.3) is 0 Å². The van der Waals surface area contributed by atoms with Gasteiger partial charge in [0.05, 0.1) is 25.9 Å². The summed E-state index contributed by atoms with van der Waals surface area (Å²) in [5.41, 5.74) is 8.32. The number of ether oxygens (including phenoxy) is 2. The molecule has 2 N–H and O–H groups in total. The Labute approximate surface area is 83.8 Å². The Morgan fingerprint density at radius 2 is 2.29 bits per heavy atom. The van der Waals surface area contributed by atoms with E-state index in [9.17, 15) is 0 Å². The predicted molar refractivity (Wildman–Crippen MR) is 54.2 cm³/mol. The van der Waals surface area contributed by atoms with E-state index in [0.29, 0.717) is 6.61 Å². The Kier molecular flexibility index (Phi) is 2.44. The van der Waals surface area contributed by atoms with E-state index in [1.807, 2.05) is 25.1 Å². The van der Waals surface area contributed by atoms with Gasteiger partial charge in [-0.3, -0.25) is 0 Å². The normalized spacial score (nSPS) is 25.6. The Morgan fingerprint density at radius 1 is 1.50 bits per heavy atom. The number of hydrogen-bond donors (Lipinski definition) is 1. The van der Waals surface area contributed by atoms with E-state index in [1.165, 1.54) is 5.56 Å². The molecule has 0 spiro atoms. The molecule has 1 unspecified atom stereocenters. The maximum atomic E-state index is 6.02. The van der Waals surface area contributed by atoms with Crippen molar-refractivity contribution in [2.45, 2.75) is 25.7 Å². The van der Waals surface area contributed by atoms with Crippen molar-refractivity contribution in [3.8, 4) is 5.75 Å². The predicted octanol–water partition coefficient (Wildman–Crippen LogP) is 1.61. The van der Waals surface area contributed by atoms with Crippen molar-refractivity contribution in [3.05, 3.63) is 29.3 Å². The highest BCUT2D eigenvalue weighted by atomic mass is 16.5. The molecule has 1 aliphatic rings. The maximum absolute atomic E-state index is 6.02. The van der Waals surface area contributed by atoms with E-state index in [4.69, 9.17) is 15.2 Å². The van der Waals surface area contributed by atoms with Crippen LogP contribution in [0.15, 0.2) is 18.2 Å². The molecule has 0 aliphatic carbocycles. The summed E-state index contributed by atoms with van der Waals surface area (Å²) >= 11 is 0. The smallest absolute Gasteiger partial charge is 0.119 e. The molecule has 2 rings (SSSR count). The second kappa shape index (κ2) is 3.59. The Bertz CT molecular complexity index is 338. The lowest BCUT2D eigenvalue weighted by Crippen LogP contribution is -2.31. The highest BCUT2D eigenvalue weighted by molar-refractivity contribution is 5.38. The van der Waals surface area contributed by atoms with Gasteiger partial charge in [-0.05, 0) is 30.2 Å². The van der Waals surface area contributed by atoms with Crippen LogP contribution in [0, 0.1) is 0 Å². The van der Waals surface area contributed by atoms with Crippen LogP contribution in [-0.2, 0) is 11.3 Å². The molecule has 0 saturated heterocycles. The molecule has 1 aromatic carbocycles. The van der Waals surface area contributed by atoms with E-state index in [2.05, 4.69) is 0 Å². The van der Waals surface area contributed by atoms with Crippen molar-refractivity contribution in [2.24, 2.45) is 5.73 Å². The number of nitrogens with two attached hydrogens (primary N) is 1. The van der Waals surface area contributed by atoms with Gasteiger partial charge in [-0.1, -0.05) is 6.07 Å². The van der Waals surface area contributed by atoms with E-state index in [0.717, 1.165) is 11.3 Å². The number of methoxy groups -OCH3 is 1. The summed E-state index contributed by atoms with van der Waals surface area (Å²) in [7, 11) is 1.66. The van der Waals surface area contributed by atoms with Gasteiger partial charge in [0.1, 0.15) is 5.75 Å². The summed E-state index contributed by atoms with van der Waals surface area (Å²) in [5.74, 6) is 0.856. The van der Waals surface area contributed by atoms with Crippen molar-refractivity contribution in [3.63, 3.8) is 0 Å². The number of hydrogen-bond acceptors (Lipinski definition) is 3. The molecule has 14 heavy (non-hydrogen) atoms. The largest absolute Gasteiger partial charge is 0.497 e. The topological polar surface area (TPSA) is 44.5 Å². The zero-order chi connectivity index (χ0) is 10.1. The van der Waals surface area contributed by atoms with Crippen molar-refractivity contribution in [1.82, 2.24) is 0 Å². The van der Waals surface area contributed by atoms with Crippen LogP contribution in [-0.4, -0.2) is 13.2 Å². The van der Waals surface area contributed by atoms with Crippen LogP contribution in [0.5, 0.6) is 5.75 Å². The lowest BCUT2D eigenvalue weighted by molar-refractivity contribution is 0.0212. The molecule has 0 bridgehead atoms. The first kappa shape index (κ1) is 9.49. The molecule has 1 aliphatic heterocycles. The molecular formula is C11H15NO2. The highest BCUT2D eigenvalue weighted by Crippen LogP contribution is 2.30. The lowest BCUT2D eigenvalue weighted by Gasteiger charge is -2.28. The summed E-state index contributed by atoms with van der Waals surface area (Å²) in [6, 6.07) is 5.93. The second-order valence-electron chi connectivity index (χ2n) is 3.61. The van der Waals surface area contributed by atoms with Crippen molar-refractivity contribution in [1.29, 1.82) is 0 Å². The molecule has 2 atom stereocenters. The molecule has 3 heteroatoms. The van der Waals surface area contributed by atoms with Gasteiger partial charge in [-0.2, -0.15) is 0 Å². The molecule has 0 fully saturated rings. The summed E-state index contributed by atoms with van der Waals surface area (Å²) in [6.45, 7) is 2.62. The Hall–Kier alpha value is -1.06. The average Bonchev–Trinajstić information content (AvgIpc) is 2.23. The molecule has 1 aromatic rings. The zero-order valence-electron chi connectivity index (χ0n) is 8.49. The van der Waals surface area contributed by atoms with Gasteiger partial charge in [-0.15, -0.1) is 0 Å². The van der Waals surface area contributed by atoms with Crippen LogP contribution in [0.25, 0.3) is 0 Å². The summed E-state index contributed by atoms with van der Waals surface area (Å²) in [6.07, 6.45) is 0.0934. The molecule has 0 amide bonds. The third-order valence-electron chi connectivity index (χ3n) is 2.72. The van der Waals surface area contributed by atoms with E-state index in [-0.39, 0.29) is 12.1 Å². The SMILES string of the molecule is COc1ccc2c(c1)CO[C@H](C)C2N. The van der Waals surface area contributed by atoms with Crippen molar-refractivity contribution in [2.75, 3.05) is 7.11 Å². The van der Waals surface area contributed by atoms with E-state index < -0.39 is 0 Å². The molecule has 0 aromatic heterocycles. The molecule has 76 valence electrons. The van der Waals surface area contributed by atoms with Crippen LogP contribution in [0.1, 0.15) is 24.1 Å². The van der Waals surface area contributed by atoms with Gasteiger partial charge in [0.2, 0.25) is 0 Å². The standard InChI is InChI=1S/C11H15NO2/c1-7-11(12)10-4-3-9(13-2)5-8(10)6-14-7/h3-5,7,11H,6,12H2,1-2H3/t7-,11?/m1/s1. The Balaban J connectivity index is 2.38. The van der Waals surface area contributed by atoms with Gasteiger partial charge in [-0.25, -0.2) is 0 Å². The van der Waals surface area contributed by atoms with Gasteiger partial charge in [0, 0.05) is 0 Å². The summed E-state index contributed by atoms with van der Waals surface area (Å²) in [5, 5.41) is 0. The van der Waals surface area contributed by atoms with Crippen LogP contribution >= 0.6 is 0 Å². The highest BCUT2D eigenvalue weighted by Gasteiger charge is 2.23. The third kappa shape index (κ3) is 1.49. The zero-order valence-corrected chi connectivity index (χ0v) is 8.49. The minimum absolute atomic E-state index is 0.0235. The molecule has 3 nitrogen and oxygen atoms in total. The number of fused-ring (bicyclic) bond motifs is 1. The van der Waals surface area contributed by atoms with Crippen LogP contribution in [0.3, 0.4) is 0 Å². The first-order valence-electron chi connectivity index (χ1n) is 4.76. The molecular weight excluding hydrogens is 178 g/mol. The Morgan fingerprint density at radius 3 is 3.00 bits per heavy atom. The first-order chi connectivity index (χ1) is 6.72. The van der Waals surface area contributed by atoms with Crippen molar-refractivity contribution >= 4 is 0 Å². The quantitative estimate of drug-likeness (QED) is 0.737. The number of rotatable bonds is 1.